The van der Waals surface area contributed by atoms with E-state index in [1.165, 1.54) is 16.1 Å². The summed E-state index contributed by atoms with van der Waals surface area (Å²) >= 11 is 7.62. The SMILES string of the molecule is CC(Sc1ccccc1Cl)C(=O)N1CCN(S(=O)(=O)N2CCN(C)CC2)CC1. The lowest BCUT2D eigenvalue weighted by Gasteiger charge is -2.39. The van der Waals surface area contributed by atoms with Crippen LogP contribution in [-0.2, 0) is 15.0 Å². The second kappa shape index (κ2) is 9.32. The minimum atomic E-state index is -3.45. The summed E-state index contributed by atoms with van der Waals surface area (Å²) in [4.78, 5) is 17.5. The highest BCUT2D eigenvalue weighted by molar-refractivity contribution is 8.00. The Balaban J connectivity index is 1.54. The fourth-order valence-corrected chi connectivity index (χ4v) is 6.17. The second-order valence-corrected chi connectivity index (χ2v) is 10.8. The normalized spacial score (nSPS) is 21.6. The molecule has 0 bridgehead atoms. The van der Waals surface area contributed by atoms with E-state index in [0.29, 0.717) is 44.3 Å². The van der Waals surface area contributed by atoms with Crippen LogP contribution in [0.4, 0.5) is 0 Å². The predicted molar refractivity (Wildman–Crippen MR) is 113 cm³/mol. The molecule has 28 heavy (non-hydrogen) atoms. The van der Waals surface area contributed by atoms with Crippen LogP contribution in [0, 0.1) is 0 Å². The van der Waals surface area contributed by atoms with Crippen molar-refractivity contribution in [3.05, 3.63) is 29.3 Å². The molecule has 2 fully saturated rings. The molecule has 1 atom stereocenters. The molecule has 2 aliphatic heterocycles. The number of halogens is 1. The Morgan fingerprint density at radius 2 is 1.54 bits per heavy atom. The molecule has 0 N–H and O–H groups in total. The van der Waals surface area contributed by atoms with Gasteiger partial charge in [0.2, 0.25) is 5.91 Å². The highest BCUT2D eigenvalue weighted by Crippen LogP contribution is 2.31. The van der Waals surface area contributed by atoms with Crippen molar-refractivity contribution in [2.75, 3.05) is 59.4 Å². The zero-order valence-electron chi connectivity index (χ0n) is 16.3. The van der Waals surface area contributed by atoms with Gasteiger partial charge in [-0.3, -0.25) is 4.79 Å². The molecule has 0 aromatic heterocycles. The summed E-state index contributed by atoms with van der Waals surface area (Å²) in [5.41, 5.74) is 0. The third kappa shape index (κ3) is 5.01. The first-order valence-electron chi connectivity index (χ1n) is 9.43. The van der Waals surface area contributed by atoms with Crippen LogP contribution in [0.1, 0.15) is 6.92 Å². The summed E-state index contributed by atoms with van der Waals surface area (Å²) in [6, 6.07) is 7.47. The zero-order valence-corrected chi connectivity index (χ0v) is 18.6. The van der Waals surface area contributed by atoms with Crippen molar-refractivity contribution in [3.8, 4) is 0 Å². The molecule has 0 aliphatic carbocycles. The Morgan fingerprint density at radius 3 is 2.11 bits per heavy atom. The Bertz CT molecular complexity index is 792. The van der Waals surface area contributed by atoms with Gasteiger partial charge >= 0.3 is 0 Å². The molecule has 156 valence electrons. The molecule has 1 aromatic carbocycles. The van der Waals surface area contributed by atoms with Crippen LogP contribution in [0.25, 0.3) is 0 Å². The first-order valence-corrected chi connectivity index (χ1v) is 12.1. The minimum absolute atomic E-state index is 0.0153. The average molecular weight is 447 g/mol. The maximum absolute atomic E-state index is 12.8. The highest BCUT2D eigenvalue weighted by atomic mass is 35.5. The lowest BCUT2D eigenvalue weighted by Crippen LogP contribution is -2.57. The Morgan fingerprint density at radius 1 is 1.00 bits per heavy atom. The highest BCUT2D eigenvalue weighted by Gasteiger charge is 2.35. The van der Waals surface area contributed by atoms with Crippen LogP contribution < -0.4 is 0 Å². The van der Waals surface area contributed by atoms with Gasteiger partial charge in [0, 0.05) is 57.3 Å². The number of amides is 1. The molecule has 0 radical (unpaired) electrons. The van der Waals surface area contributed by atoms with Gasteiger partial charge in [-0.25, -0.2) is 0 Å². The van der Waals surface area contributed by atoms with Crippen molar-refractivity contribution < 1.29 is 13.2 Å². The topological polar surface area (TPSA) is 64.2 Å². The average Bonchev–Trinajstić information content (AvgIpc) is 2.69. The summed E-state index contributed by atoms with van der Waals surface area (Å²) in [5, 5.41) is 0.357. The Kier molecular flexibility index (Phi) is 7.27. The van der Waals surface area contributed by atoms with E-state index in [-0.39, 0.29) is 11.2 Å². The summed E-state index contributed by atoms with van der Waals surface area (Å²) in [5.74, 6) is 0.0153. The molecule has 2 heterocycles. The van der Waals surface area contributed by atoms with E-state index in [0.717, 1.165) is 18.0 Å². The number of piperazine rings is 2. The van der Waals surface area contributed by atoms with Gasteiger partial charge in [0.25, 0.3) is 10.2 Å². The van der Waals surface area contributed by atoms with Crippen LogP contribution in [-0.4, -0.2) is 97.4 Å². The third-order valence-electron chi connectivity index (χ3n) is 5.15. The van der Waals surface area contributed by atoms with Crippen molar-refractivity contribution in [2.45, 2.75) is 17.1 Å². The summed E-state index contributed by atoms with van der Waals surface area (Å²) in [6.45, 7) is 5.89. The van der Waals surface area contributed by atoms with E-state index in [9.17, 15) is 13.2 Å². The smallest absolute Gasteiger partial charge is 0.282 e. The van der Waals surface area contributed by atoms with E-state index >= 15 is 0 Å². The molecule has 10 heteroatoms. The number of carbonyl (C=O) groups is 1. The Hall–Kier alpha value is -0.840. The maximum Gasteiger partial charge on any atom is 0.282 e. The van der Waals surface area contributed by atoms with Crippen LogP contribution >= 0.6 is 23.4 Å². The molecule has 1 aromatic rings. The van der Waals surface area contributed by atoms with Gasteiger partial charge in [-0.2, -0.15) is 17.0 Å². The first kappa shape index (κ1) is 21.9. The summed E-state index contributed by atoms with van der Waals surface area (Å²) in [6.07, 6.45) is 0. The van der Waals surface area contributed by atoms with Crippen LogP contribution in [0.5, 0.6) is 0 Å². The van der Waals surface area contributed by atoms with Crippen molar-refractivity contribution >= 4 is 39.5 Å². The number of hydrogen-bond donors (Lipinski definition) is 0. The second-order valence-electron chi connectivity index (χ2n) is 7.12. The lowest BCUT2D eigenvalue weighted by molar-refractivity contribution is -0.131. The number of thioether (sulfide) groups is 1. The van der Waals surface area contributed by atoms with Gasteiger partial charge in [0.05, 0.1) is 10.3 Å². The van der Waals surface area contributed by atoms with E-state index in [2.05, 4.69) is 4.90 Å². The lowest BCUT2D eigenvalue weighted by atomic mass is 10.3. The van der Waals surface area contributed by atoms with E-state index in [1.54, 1.807) is 9.21 Å². The number of benzene rings is 1. The molecule has 0 spiro atoms. The van der Waals surface area contributed by atoms with Gasteiger partial charge in [-0.15, -0.1) is 11.8 Å². The van der Waals surface area contributed by atoms with Gasteiger partial charge < -0.3 is 9.80 Å². The molecule has 0 saturated carbocycles. The molecule has 7 nitrogen and oxygen atoms in total. The first-order chi connectivity index (χ1) is 13.3. The monoisotopic (exact) mass is 446 g/mol. The molecule has 2 aliphatic rings. The number of nitrogens with zero attached hydrogens (tertiary/aromatic N) is 4. The zero-order chi connectivity index (χ0) is 20.3. The molecular weight excluding hydrogens is 420 g/mol. The predicted octanol–water partition coefficient (Wildman–Crippen LogP) is 1.46. The third-order valence-corrected chi connectivity index (χ3v) is 8.80. The van der Waals surface area contributed by atoms with Crippen LogP contribution in [0.3, 0.4) is 0 Å². The number of hydrogen-bond acceptors (Lipinski definition) is 5. The van der Waals surface area contributed by atoms with E-state index in [4.69, 9.17) is 11.6 Å². The molecular formula is C18H27ClN4O3S2. The van der Waals surface area contributed by atoms with Crippen molar-refractivity contribution in [3.63, 3.8) is 0 Å². The van der Waals surface area contributed by atoms with Crippen molar-refractivity contribution in [1.29, 1.82) is 0 Å². The molecule has 3 rings (SSSR count). The van der Waals surface area contributed by atoms with Crippen molar-refractivity contribution in [2.24, 2.45) is 0 Å². The van der Waals surface area contributed by atoms with Crippen LogP contribution in [0.15, 0.2) is 29.2 Å². The van der Waals surface area contributed by atoms with Gasteiger partial charge in [0.1, 0.15) is 0 Å². The largest absolute Gasteiger partial charge is 0.339 e. The molecule has 1 amide bonds. The summed E-state index contributed by atoms with van der Waals surface area (Å²) in [7, 11) is -1.46. The van der Waals surface area contributed by atoms with E-state index in [1.807, 2.05) is 38.2 Å². The van der Waals surface area contributed by atoms with Gasteiger partial charge in [0.15, 0.2) is 0 Å². The van der Waals surface area contributed by atoms with Gasteiger partial charge in [-0.05, 0) is 26.1 Å². The summed E-state index contributed by atoms with van der Waals surface area (Å²) < 4.78 is 28.8. The number of likely N-dealkylation sites (N-methyl/N-ethyl adjacent to an activating group) is 1. The van der Waals surface area contributed by atoms with Gasteiger partial charge in [-0.1, -0.05) is 23.7 Å². The Labute approximate surface area is 176 Å². The van der Waals surface area contributed by atoms with Crippen LogP contribution in [0.2, 0.25) is 5.02 Å². The quantitative estimate of drug-likeness (QED) is 0.641. The minimum Gasteiger partial charge on any atom is -0.339 e. The number of carbonyl (C=O) groups excluding carboxylic acids is 1. The molecule has 1 unspecified atom stereocenters. The molecule has 2 saturated heterocycles. The van der Waals surface area contributed by atoms with E-state index < -0.39 is 10.2 Å². The fraction of sp³-hybridized carbons (Fsp3) is 0.611. The fourth-order valence-electron chi connectivity index (χ4n) is 3.36. The maximum atomic E-state index is 12.8. The number of rotatable bonds is 5. The standard InChI is InChI=1S/C18H27ClN4O3S2/c1-15(27-17-6-4-3-5-16(17)19)18(24)21-9-13-23(14-10-21)28(25,26)22-11-7-20(2)8-12-22/h3-6,15H,7-14H2,1-2H3. The van der Waals surface area contributed by atoms with Crippen molar-refractivity contribution in [1.82, 2.24) is 18.4 Å².